The zero-order valence-electron chi connectivity index (χ0n) is 10.1. The average molecular weight is 273 g/mol. The standard InChI is InChI=1S/C14H18Cl2O/c1-2-14(9-15,10-16)7-11-8-17-13-6-4-3-5-12(11)13/h3-6,11H,2,7-10H2,1H3. The molecule has 0 saturated heterocycles. The summed E-state index contributed by atoms with van der Waals surface area (Å²) in [6.07, 6.45) is 2.02. The molecule has 0 fully saturated rings. The van der Waals surface area contributed by atoms with E-state index in [-0.39, 0.29) is 5.41 Å². The number of alkyl halides is 2. The maximum Gasteiger partial charge on any atom is 0.122 e. The van der Waals surface area contributed by atoms with Crippen LogP contribution in [0.25, 0.3) is 0 Å². The predicted molar refractivity (Wildman–Crippen MR) is 73.5 cm³/mol. The second-order valence-electron chi connectivity index (χ2n) is 4.87. The van der Waals surface area contributed by atoms with Crippen molar-refractivity contribution in [2.45, 2.75) is 25.7 Å². The molecule has 0 spiro atoms. The summed E-state index contributed by atoms with van der Waals surface area (Å²) in [6, 6.07) is 8.26. The minimum atomic E-state index is 0.0363. The first-order valence-electron chi connectivity index (χ1n) is 6.08. The Morgan fingerprint density at radius 3 is 2.65 bits per heavy atom. The van der Waals surface area contributed by atoms with Crippen LogP contribution in [0.3, 0.4) is 0 Å². The van der Waals surface area contributed by atoms with Crippen molar-refractivity contribution in [3.8, 4) is 5.75 Å². The molecule has 1 heterocycles. The quantitative estimate of drug-likeness (QED) is 0.721. The van der Waals surface area contributed by atoms with Gasteiger partial charge in [-0.25, -0.2) is 0 Å². The summed E-state index contributed by atoms with van der Waals surface area (Å²) in [4.78, 5) is 0. The lowest BCUT2D eigenvalue weighted by Gasteiger charge is -2.30. The van der Waals surface area contributed by atoms with Crippen molar-refractivity contribution < 1.29 is 4.74 Å². The molecule has 1 aliphatic heterocycles. The van der Waals surface area contributed by atoms with Gasteiger partial charge in [0, 0.05) is 23.2 Å². The van der Waals surface area contributed by atoms with Crippen LogP contribution in [0.15, 0.2) is 24.3 Å². The van der Waals surface area contributed by atoms with Crippen LogP contribution in [0.4, 0.5) is 0 Å². The second kappa shape index (κ2) is 5.49. The summed E-state index contributed by atoms with van der Waals surface area (Å²) >= 11 is 12.2. The Balaban J connectivity index is 2.16. The van der Waals surface area contributed by atoms with E-state index in [2.05, 4.69) is 19.1 Å². The number of hydrogen-bond donors (Lipinski definition) is 0. The Bertz CT molecular complexity index is 366. The SMILES string of the molecule is CCC(CCl)(CCl)CC1COc2ccccc21. The highest BCUT2D eigenvalue weighted by atomic mass is 35.5. The summed E-state index contributed by atoms with van der Waals surface area (Å²) < 4.78 is 5.70. The first-order chi connectivity index (χ1) is 8.24. The summed E-state index contributed by atoms with van der Waals surface area (Å²) in [5.41, 5.74) is 1.34. The molecule has 0 N–H and O–H groups in total. The van der Waals surface area contributed by atoms with E-state index in [0.717, 1.165) is 25.2 Å². The van der Waals surface area contributed by atoms with Crippen LogP contribution in [-0.2, 0) is 0 Å². The highest BCUT2D eigenvalue weighted by Crippen LogP contribution is 2.43. The van der Waals surface area contributed by atoms with Crippen molar-refractivity contribution in [1.29, 1.82) is 0 Å². The molecule has 1 nitrogen and oxygen atoms in total. The Hall–Kier alpha value is -0.400. The maximum absolute atomic E-state index is 6.10. The van der Waals surface area contributed by atoms with Crippen LogP contribution >= 0.6 is 23.2 Å². The van der Waals surface area contributed by atoms with E-state index in [1.807, 2.05) is 12.1 Å². The molecular weight excluding hydrogens is 255 g/mol. The summed E-state index contributed by atoms with van der Waals surface area (Å²) in [6.45, 7) is 2.92. The van der Waals surface area contributed by atoms with Gasteiger partial charge in [0.1, 0.15) is 5.75 Å². The fraction of sp³-hybridized carbons (Fsp3) is 0.571. The van der Waals surface area contributed by atoms with E-state index in [1.165, 1.54) is 5.56 Å². The van der Waals surface area contributed by atoms with Gasteiger partial charge in [-0.2, -0.15) is 0 Å². The van der Waals surface area contributed by atoms with Gasteiger partial charge >= 0.3 is 0 Å². The fourth-order valence-corrected chi connectivity index (χ4v) is 3.28. The van der Waals surface area contributed by atoms with Gasteiger partial charge in [-0.1, -0.05) is 25.1 Å². The van der Waals surface area contributed by atoms with Crippen molar-refractivity contribution in [2.75, 3.05) is 18.4 Å². The zero-order valence-corrected chi connectivity index (χ0v) is 11.6. The molecule has 1 unspecified atom stereocenters. The molecular formula is C14H18Cl2O. The molecule has 1 atom stereocenters. The Labute approximate surface area is 113 Å². The monoisotopic (exact) mass is 272 g/mol. The third-order valence-corrected chi connectivity index (χ3v) is 4.93. The largest absolute Gasteiger partial charge is 0.493 e. The Morgan fingerprint density at radius 1 is 1.29 bits per heavy atom. The third kappa shape index (κ3) is 2.56. The van der Waals surface area contributed by atoms with Crippen LogP contribution in [0.1, 0.15) is 31.2 Å². The van der Waals surface area contributed by atoms with Crippen LogP contribution in [0, 0.1) is 5.41 Å². The van der Waals surface area contributed by atoms with Crippen LogP contribution in [0.5, 0.6) is 5.75 Å². The van der Waals surface area contributed by atoms with Gasteiger partial charge in [0.25, 0.3) is 0 Å². The maximum atomic E-state index is 6.10. The van der Waals surface area contributed by atoms with Gasteiger partial charge in [0.2, 0.25) is 0 Å². The van der Waals surface area contributed by atoms with Crippen LogP contribution in [-0.4, -0.2) is 18.4 Å². The van der Waals surface area contributed by atoms with Gasteiger partial charge < -0.3 is 4.74 Å². The van der Waals surface area contributed by atoms with E-state index in [1.54, 1.807) is 0 Å². The molecule has 1 aromatic carbocycles. The summed E-state index contributed by atoms with van der Waals surface area (Å²) in [7, 11) is 0. The number of ether oxygens (including phenoxy) is 1. The number of hydrogen-bond acceptors (Lipinski definition) is 1. The van der Waals surface area contributed by atoms with Crippen molar-refractivity contribution in [3.05, 3.63) is 29.8 Å². The van der Waals surface area contributed by atoms with Crippen molar-refractivity contribution >= 4 is 23.2 Å². The van der Waals surface area contributed by atoms with Gasteiger partial charge in [0.05, 0.1) is 6.61 Å². The van der Waals surface area contributed by atoms with E-state index in [9.17, 15) is 0 Å². The lowest BCUT2D eigenvalue weighted by Crippen LogP contribution is -2.27. The highest BCUT2D eigenvalue weighted by Gasteiger charge is 2.34. The number of halogens is 2. The molecule has 0 amide bonds. The first-order valence-corrected chi connectivity index (χ1v) is 7.15. The fourth-order valence-electron chi connectivity index (χ4n) is 2.40. The van der Waals surface area contributed by atoms with Crippen molar-refractivity contribution in [1.82, 2.24) is 0 Å². The topological polar surface area (TPSA) is 9.23 Å². The van der Waals surface area contributed by atoms with Crippen molar-refractivity contribution in [2.24, 2.45) is 5.41 Å². The molecule has 0 bridgehead atoms. The Morgan fingerprint density at radius 2 is 2.00 bits per heavy atom. The summed E-state index contributed by atoms with van der Waals surface area (Å²) in [5, 5.41) is 0. The third-order valence-electron chi connectivity index (χ3n) is 3.80. The van der Waals surface area contributed by atoms with E-state index in [4.69, 9.17) is 27.9 Å². The van der Waals surface area contributed by atoms with Gasteiger partial charge in [-0.3, -0.25) is 0 Å². The molecule has 0 radical (unpaired) electrons. The molecule has 94 valence electrons. The molecule has 3 heteroatoms. The molecule has 0 aromatic heterocycles. The van der Waals surface area contributed by atoms with Crippen LogP contribution in [0.2, 0.25) is 0 Å². The van der Waals surface area contributed by atoms with E-state index in [0.29, 0.717) is 17.7 Å². The van der Waals surface area contributed by atoms with Gasteiger partial charge in [-0.15, -0.1) is 23.2 Å². The molecule has 1 aromatic rings. The van der Waals surface area contributed by atoms with Gasteiger partial charge in [-0.05, 0) is 24.3 Å². The lowest BCUT2D eigenvalue weighted by molar-refractivity contribution is 0.259. The number of fused-ring (bicyclic) bond motifs is 1. The highest BCUT2D eigenvalue weighted by molar-refractivity contribution is 6.21. The lowest BCUT2D eigenvalue weighted by atomic mass is 9.78. The zero-order chi connectivity index (χ0) is 12.3. The molecule has 1 aliphatic rings. The van der Waals surface area contributed by atoms with Crippen LogP contribution < -0.4 is 4.74 Å². The smallest absolute Gasteiger partial charge is 0.122 e. The van der Waals surface area contributed by atoms with Gasteiger partial charge in [0.15, 0.2) is 0 Å². The molecule has 2 rings (SSSR count). The second-order valence-corrected chi connectivity index (χ2v) is 5.41. The first kappa shape index (κ1) is 13.0. The summed E-state index contributed by atoms with van der Waals surface area (Å²) in [5.74, 6) is 2.69. The van der Waals surface area contributed by atoms with Crippen molar-refractivity contribution in [3.63, 3.8) is 0 Å². The van der Waals surface area contributed by atoms with E-state index >= 15 is 0 Å². The number of rotatable bonds is 5. The molecule has 0 aliphatic carbocycles. The number of para-hydroxylation sites is 1. The molecule has 17 heavy (non-hydrogen) atoms. The van der Waals surface area contributed by atoms with E-state index < -0.39 is 0 Å². The molecule has 0 saturated carbocycles. The minimum Gasteiger partial charge on any atom is -0.493 e. The predicted octanol–water partition coefficient (Wildman–Crippen LogP) is 4.43. The average Bonchev–Trinajstić information content (AvgIpc) is 2.79. The normalized spacial score (nSPS) is 18.9. The Kier molecular flexibility index (Phi) is 4.22. The number of benzene rings is 1. The minimum absolute atomic E-state index is 0.0363.